The number of fused-ring (bicyclic) bond motifs is 1. The summed E-state index contributed by atoms with van der Waals surface area (Å²) in [4.78, 5) is 32.9. The number of nitrogens with one attached hydrogen (secondary N) is 1. The van der Waals surface area contributed by atoms with Crippen molar-refractivity contribution in [3.8, 4) is 11.5 Å². The lowest BCUT2D eigenvalue weighted by molar-refractivity contribution is -0.383. The number of ether oxygens (including phenoxy) is 3. The van der Waals surface area contributed by atoms with Gasteiger partial charge in [-0.15, -0.1) is 8.78 Å². The molecular formula is C19H19F2N5O6. The Hall–Kier alpha value is -3.77. The minimum Gasteiger partial charge on any atom is -0.466 e. The zero-order valence-electron chi connectivity index (χ0n) is 16.9. The number of piperidine rings is 1. The number of alkyl halides is 2. The van der Waals surface area contributed by atoms with Crippen molar-refractivity contribution in [2.75, 3.05) is 29.9 Å². The van der Waals surface area contributed by atoms with Crippen molar-refractivity contribution < 1.29 is 32.7 Å². The summed E-state index contributed by atoms with van der Waals surface area (Å²) in [5.74, 6) is -0.919. The minimum absolute atomic E-state index is 0.0992. The van der Waals surface area contributed by atoms with Gasteiger partial charge in [0.15, 0.2) is 11.5 Å². The van der Waals surface area contributed by atoms with E-state index in [9.17, 15) is 23.7 Å². The molecule has 0 radical (unpaired) electrons. The molecule has 2 aliphatic rings. The first-order valence-electron chi connectivity index (χ1n) is 9.85. The molecule has 0 aliphatic carbocycles. The number of aromatic nitrogens is 2. The van der Waals surface area contributed by atoms with Crippen LogP contribution in [0.2, 0.25) is 0 Å². The SMILES string of the molecule is CCOC(=O)C1CCN(c2ncnc(Nc3ccc4c(c3)OC(F)(F)O4)c2[N+](=O)[O-])CC1. The van der Waals surface area contributed by atoms with E-state index in [4.69, 9.17) is 4.74 Å². The Morgan fingerprint density at radius 3 is 2.72 bits per heavy atom. The van der Waals surface area contributed by atoms with E-state index >= 15 is 0 Å². The van der Waals surface area contributed by atoms with Crippen LogP contribution in [-0.2, 0) is 9.53 Å². The predicted octanol–water partition coefficient (Wildman–Crippen LogP) is 3.23. The standard InChI is InChI=1S/C19H19F2N5O6/c1-2-30-18(27)11-5-7-25(8-6-11)17-15(26(28)29)16(22-10-23-17)24-12-3-4-13-14(9-12)32-19(20,21)31-13/h3-4,9-11H,2,5-8H2,1H3,(H,22,23,24). The fourth-order valence-electron chi connectivity index (χ4n) is 3.61. The highest BCUT2D eigenvalue weighted by molar-refractivity contribution is 5.76. The van der Waals surface area contributed by atoms with Crippen LogP contribution in [0.3, 0.4) is 0 Å². The molecular weight excluding hydrogens is 432 g/mol. The molecule has 0 amide bonds. The normalized spacial score (nSPS) is 17.2. The topological polar surface area (TPSA) is 129 Å². The fraction of sp³-hybridized carbons (Fsp3) is 0.421. The van der Waals surface area contributed by atoms with Crippen molar-refractivity contribution in [1.29, 1.82) is 0 Å². The van der Waals surface area contributed by atoms with Gasteiger partial charge in [0.2, 0.25) is 11.6 Å². The second-order valence-electron chi connectivity index (χ2n) is 7.12. The van der Waals surface area contributed by atoms with E-state index in [-0.39, 0.29) is 46.4 Å². The molecule has 1 N–H and O–H groups in total. The Morgan fingerprint density at radius 1 is 1.31 bits per heavy atom. The number of halogens is 2. The number of hydrogen-bond donors (Lipinski definition) is 1. The van der Waals surface area contributed by atoms with Crippen LogP contribution < -0.4 is 19.7 Å². The number of hydrogen-bond acceptors (Lipinski definition) is 10. The summed E-state index contributed by atoms with van der Waals surface area (Å²) in [5, 5.41) is 14.6. The van der Waals surface area contributed by atoms with Crippen LogP contribution in [0.4, 0.5) is 31.8 Å². The molecule has 0 spiro atoms. The van der Waals surface area contributed by atoms with Crippen molar-refractivity contribution in [2.45, 2.75) is 26.1 Å². The van der Waals surface area contributed by atoms with Gasteiger partial charge in [-0.3, -0.25) is 14.9 Å². The second kappa shape index (κ2) is 8.40. The number of anilines is 3. The first-order valence-corrected chi connectivity index (χ1v) is 9.85. The van der Waals surface area contributed by atoms with Crippen molar-refractivity contribution in [1.82, 2.24) is 9.97 Å². The third kappa shape index (κ3) is 4.31. The molecule has 0 atom stereocenters. The molecule has 1 saturated heterocycles. The molecule has 13 heteroatoms. The Balaban J connectivity index is 1.55. The molecule has 32 heavy (non-hydrogen) atoms. The van der Waals surface area contributed by atoms with Gasteiger partial charge in [0.05, 0.1) is 17.4 Å². The third-order valence-electron chi connectivity index (χ3n) is 5.06. The van der Waals surface area contributed by atoms with Gasteiger partial charge in [-0.25, -0.2) is 9.97 Å². The Kier molecular flexibility index (Phi) is 5.63. The summed E-state index contributed by atoms with van der Waals surface area (Å²) in [6.45, 7) is 2.78. The third-order valence-corrected chi connectivity index (χ3v) is 5.06. The summed E-state index contributed by atoms with van der Waals surface area (Å²) >= 11 is 0. The van der Waals surface area contributed by atoms with Crippen LogP contribution in [0.1, 0.15) is 19.8 Å². The van der Waals surface area contributed by atoms with Crippen molar-refractivity contribution >= 4 is 29.0 Å². The van der Waals surface area contributed by atoms with Crippen molar-refractivity contribution in [3.05, 3.63) is 34.6 Å². The molecule has 1 fully saturated rings. The quantitative estimate of drug-likeness (QED) is 0.397. The van der Waals surface area contributed by atoms with Crippen LogP contribution in [0.15, 0.2) is 24.5 Å². The van der Waals surface area contributed by atoms with Gasteiger partial charge in [-0.05, 0) is 31.9 Å². The number of esters is 1. The van der Waals surface area contributed by atoms with Gasteiger partial charge in [-0.1, -0.05) is 0 Å². The number of benzene rings is 1. The monoisotopic (exact) mass is 451 g/mol. The largest absolute Gasteiger partial charge is 0.586 e. The number of nitrogens with zero attached hydrogens (tertiary/aromatic N) is 4. The van der Waals surface area contributed by atoms with Gasteiger partial charge in [-0.2, -0.15) is 0 Å². The molecule has 170 valence electrons. The van der Waals surface area contributed by atoms with Crippen LogP contribution in [0.5, 0.6) is 11.5 Å². The predicted molar refractivity (Wildman–Crippen MR) is 106 cm³/mol. The van der Waals surface area contributed by atoms with Crippen molar-refractivity contribution in [2.24, 2.45) is 5.92 Å². The van der Waals surface area contributed by atoms with E-state index < -0.39 is 11.2 Å². The molecule has 1 aromatic carbocycles. The zero-order chi connectivity index (χ0) is 22.9. The lowest BCUT2D eigenvalue weighted by Crippen LogP contribution is -2.37. The maximum absolute atomic E-state index is 13.2. The summed E-state index contributed by atoms with van der Waals surface area (Å²) in [6.07, 6.45) is -1.66. The van der Waals surface area contributed by atoms with Crippen LogP contribution in [0.25, 0.3) is 0 Å². The van der Waals surface area contributed by atoms with Crippen LogP contribution in [-0.4, -0.2) is 46.9 Å². The first kappa shape index (κ1) is 21.5. The smallest absolute Gasteiger partial charge is 0.466 e. The van der Waals surface area contributed by atoms with E-state index in [0.29, 0.717) is 32.5 Å². The lowest BCUT2D eigenvalue weighted by Gasteiger charge is -2.31. The molecule has 11 nitrogen and oxygen atoms in total. The first-order chi connectivity index (χ1) is 15.3. The number of carbonyl (C=O) groups is 1. The second-order valence-corrected chi connectivity index (χ2v) is 7.12. The maximum Gasteiger partial charge on any atom is 0.586 e. The molecule has 3 heterocycles. The van der Waals surface area contributed by atoms with Crippen LogP contribution >= 0.6 is 0 Å². The van der Waals surface area contributed by atoms with E-state index in [1.807, 2.05) is 0 Å². The Bertz CT molecular complexity index is 1040. The van der Waals surface area contributed by atoms with Gasteiger partial charge < -0.3 is 24.4 Å². The average molecular weight is 451 g/mol. The van der Waals surface area contributed by atoms with Crippen molar-refractivity contribution in [3.63, 3.8) is 0 Å². The molecule has 0 unspecified atom stereocenters. The summed E-state index contributed by atoms with van der Waals surface area (Å²) in [5.41, 5.74) is -0.135. The zero-order valence-corrected chi connectivity index (χ0v) is 16.9. The van der Waals surface area contributed by atoms with E-state index in [1.165, 1.54) is 24.5 Å². The Labute approximate surface area is 180 Å². The maximum atomic E-state index is 13.2. The lowest BCUT2D eigenvalue weighted by atomic mass is 9.97. The summed E-state index contributed by atoms with van der Waals surface area (Å²) < 4.78 is 40.3. The summed E-state index contributed by atoms with van der Waals surface area (Å²) in [7, 11) is 0. The molecule has 0 bridgehead atoms. The minimum atomic E-state index is -3.77. The summed E-state index contributed by atoms with van der Waals surface area (Å²) in [6, 6.07) is 3.89. The van der Waals surface area contributed by atoms with Gasteiger partial charge in [0.25, 0.3) is 0 Å². The number of carbonyl (C=O) groups excluding carboxylic acids is 1. The van der Waals surface area contributed by atoms with Gasteiger partial charge in [0, 0.05) is 24.8 Å². The van der Waals surface area contributed by atoms with E-state index in [2.05, 4.69) is 24.8 Å². The molecule has 1 aromatic heterocycles. The average Bonchev–Trinajstić information content (AvgIpc) is 3.06. The number of rotatable bonds is 6. The Morgan fingerprint density at radius 2 is 2.03 bits per heavy atom. The molecule has 2 aromatic rings. The molecule has 2 aliphatic heterocycles. The number of nitro groups is 1. The van der Waals surface area contributed by atoms with Crippen LogP contribution in [0, 0.1) is 16.0 Å². The highest BCUT2D eigenvalue weighted by atomic mass is 19.3. The molecule has 0 saturated carbocycles. The van der Waals surface area contributed by atoms with Gasteiger partial charge in [0.1, 0.15) is 6.33 Å². The fourth-order valence-corrected chi connectivity index (χ4v) is 3.61. The highest BCUT2D eigenvalue weighted by Gasteiger charge is 2.43. The van der Waals surface area contributed by atoms with Gasteiger partial charge >= 0.3 is 18.0 Å². The van der Waals surface area contributed by atoms with E-state index in [1.54, 1.807) is 11.8 Å². The highest BCUT2D eigenvalue weighted by Crippen LogP contribution is 2.43. The molecule has 4 rings (SSSR count). The van der Waals surface area contributed by atoms with E-state index in [0.717, 1.165) is 0 Å².